The number of fused-ring (bicyclic) bond motifs is 6. The monoisotopic (exact) mass is 352 g/mol. The number of hydrogen-bond donors (Lipinski definition) is 3. The molecule has 25 heavy (non-hydrogen) atoms. The number of aliphatic hydroxyl groups is 3. The van der Waals surface area contributed by atoms with Gasteiger partial charge in [-0.05, 0) is 18.3 Å². The molecular formula is C19H28O6. The topological polar surface area (TPSA) is 104 Å². The summed E-state index contributed by atoms with van der Waals surface area (Å²) in [5, 5.41) is 32.5. The highest BCUT2D eigenvalue weighted by atomic mass is 16.6. The van der Waals surface area contributed by atoms with Gasteiger partial charge in [0, 0.05) is 29.1 Å². The lowest BCUT2D eigenvalue weighted by atomic mass is 9.39. The van der Waals surface area contributed by atoms with E-state index in [4.69, 9.17) is 4.74 Å². The van der Waals surface area contributed by atoms with Crippen molar-refractivity contribution in [3.05, 3.63) is 0 Å². The summed E-state index contributed by atoms with van der Waals surface area (Å²) >= 11 is 0. The molecule has 2 unspecified atom stereocenters. The van der Waals surface area contributed by atoms with Gasteiger partial charge in [0.1, 0.15) is 11.9 Å². The average Bonchev–Trinajstić information content (AvgIpc) is 2.78. The van der Waals surface area contributed by atoms with E-state index in [1.165, 1.54) is 0 Å². The molecule has 0 radical (unpaired) electrons. The van der Waals surface area contributed by atoms with Crippen LogP contribution >= 0.6 is 0 Å². The number of ether oxygens (including phenoxy) is 1. The third-order valence-electron chi connectivity index (χ3n) is 8.30. The molecule has 4 aliphatic rings. The van der Waals surface area contributed by atoms with Gasteiger partial charge in [0.2, 0.25) is 0 Å². The first kappa shape index (κ1) is 17.4. The normalized spacial score (nSPS) is 60.7. The van der Waals surface area contributed by atoms with Crippen LogP contribution < -0.4 is 0 Å². The van der Waals surface area contributed by atoms with Crippen LogP contribution in [0.5, 0.6) is 0 Å². The number of carbonyl (C=O) groups excluding carboxylic acids is 2. The van der Waals surface area contributed by atoms with E-state index in [9.17, 15) is 24.9 Å². The van der Waals surface area contributed by atoms with Crippen molar-refractivity contribution < 1.29 is 29.6 Å². The first-order chi connectivity index (χ1) is 11.6. The lowest BCUT2D eigenvalue weighted by molar-refractivity contribution is -0.244. The molecule has 0 amide bonds. The van der Waals surface area contributed by atoms with Crippen LogP contribution in [0, 0.1) is 40.4 Å². The summed E-state index contributed by atoms with van der Waals surface area (Å²) in [6, 6.07) is 0. The van der Waals surface area contributed by atoms with Crippen molar-refractivity contribution in [2.75, 3.05) is 0 Å². The van der Waals surface area contributed by atoms with Gasteiger partial charge in [0.05, 0.1) is 24.2 Å². The maximum absolute atomic E-state index is 13.2. The number of hydrogen-bond acceptors (Lipinski definition) is 6. The summed E-state index contributed by atoms with van der Waals surface area (Å²) in [4.78, 5) is 25.7. The largest absolute Gasteiger partial charge is 0.459 e. The van der Waals surface area contributed by atoms with E-state index in [-0.39, 0.29) is 30.0 Å². The Balaban J connectivity index is 1.91. The van der Waals surface area contributed by atoms with Crippen LogP contribution in [-0.2, 0) is 14.3 Å². The molecule has 6 nitrogen and oxygen atoms in total. The molecule has 6 heteroatoms. The van der Waals surface area contributed by atoms with Gasteiger partial charge in [0.25, 0.3) is 0 Å². The molecule has 1 saturated heterocycles. The van der Waals surface area contributed by atoms with Crippen LogP contribution in [0.3, 0.4) is 0 Å². The van der Waals surface area contributed by atoms with Crippen LogP contribution in [0.4, 0.5) is 0 Å². The molecule has 3 saturated carbocycles. The van der Waals surface area contributed by atoms with E-state index in [2.05, 4.69) is 0 Å². The number of Topliss-reactive ketones (excluding diaryl/α,β-unsaturated/α-hetero) is 1. The second-order valence-electron chi connectivity index (χ2n) is 9.31. The highest BCUT2D eigenvalue weighted by Gasteiger charge is 2.75. The van der Waals surface area contributed by atoms with Crippen LogP contribution in [0.2, 0.25) is 0 Å². The van der Waals surface area contributed by atoms with Crippen molar-refractivity contribution in [2.24, 2.45) is 40.4 Å². The molecule has 4 fully saturated rings. The molecule has 3 N–H and O–H groups in total. The molecule has 0 aromatic carbocycles. The van der Waals surface area contributed by atoms with Crippen LogP contribution in [0.1, 0.15) is 40.5 Å². The minimum absolute atomic E-state index is 0.0244. The Kier molecular flexibility index (Phi) is 3.52. The molecule has 0 spiro atoms. The number of esters is 1. The predicted molar refractivity (Wildman–Crippen MR) is 87.2 cm³/mol. The number of ketones is 1. The van der Waals surface area contributed by atoms with E-state index < -0.39 is 53.1 Å². The summed E-state index contributed by atoms with van der Waals surface area (Å²) in [5.74, 6) is -1.98. The minimum atomic E-state index is -1.08. The Hall–Kier alpha value is -0.980. The second-order valence-corrected chi connectivity index (χ2v) is 9.31. The van der Waals surface area contributed by atoms with Crippen molar-refractivity contribution >= 4 is 11.8 Å². The maximum atomic E-state index is 13.2. The van der Waals surface area contributed by atoms with E-state index in [0.717, 1.165) is 0 Å². The van der Waals surface area contributed by atoms with Crippen molar-refractivity contribution in [1.82, 2.24) is 0 Å². The highest BCUT2D eigenvalue weighted by molar-refractivity contribution is 5.93. The van der Waals surface area contributed by atoms with Crippen molar-refractivity contribution in [3.63, 3.8) is 0 Å². The Labute approximate surface area is 147 Å². The van der Waals surface area contributed by atoms with Gasteiger partial charge in [0.15, 0.2) is 0 Å². The number of carbonyl (C=O) groups is 2. The van der Waals surface area contributed by atoms with Crippen LogP contribution in [0.25, 0.3) is 0 Å². The van der Waals surface area contributed by atoms with Crippen molar-refractivity contribution in [3.8, 4) is 0 Å². The third-order valence-corrected chi connectivity index (χ3v) is 8.30. The summed E-state index contributed by atoms with van der Waals surface area (Å²) < 4.78 is 5.44. The standard InChI is InChI=1S/C19H28O6/c1-7-5-10(20)16(23)18(3)9(7)6-11(21)19(4)12-8(2)14(25-17(12)24)13(22)15(18)19/h7-10,12-16,20,22-23H,5-6H2,1-4H3/t7?,8-,9?,10+,12-,13+,14-,15-,16-,18+,19+/m1/s1. The van der Waals surface area contributed by atoms with E-state index in [1.807, 2.05) is 20.8 Å². The number of aliphatic hydroxyl groups excluding tert-OH is 3. The smallest absolute Gasteiger partial charge is 0.310 e. The predicted octanol–water partition coefficient (Wildman–Crippen LogP) is 0.518. The molecule has 11 atom stereocenters. The fraction of sp³-hybridized carbons (Fsp3) is 0.895. The zero-order chi connectivity index (χ0) is 18.5. The van der Waals surface area contributed by atoms with E-state index in [1.54, 1.807) is 6.92 Å². The average molecular weight is 352 g/mol. The van der Waals surface area contributed by atoms with Gasteiger partial charge in [-0.25, -0.2) is 0 Å². The fourth-order valence-corrected chi connectivity index (χ4v) is 7.17. The number of rotatable bonds is 0. The molecule has 1 aliphatic heterocycles. The first-order valence-corrected chi connectivity index (χ1v) is 9.34. The summed E-state index contributed by atoms with van der Waals surface area (Å²) in [6.07, 6.45) is -2.90. The molecular weight excluding hydrogens is 324 g/mol. The zero-order valence-electron chi connectivity index (χ0n) is 15.2. The summed E-state index contributed by atoms with van der Waals surface area (Å²) in [6.45, 7) is 7.47. The molecule has 1 heterocycles. The molecule has 0 aromatic heterocycles. The summed E-state index contributed by atoms with van der Waals surface area (Å²) in [5.41, 5.74) is -1.92. The summed E-state index contributed by atoms with van der Waals surface area (Å²) in [7, 11) is 0. The fourth-order valence-electron chi connectivity index (χ4n) is 7.17. The van der Waals surface area contributed by atoms with E-state index >= 15 is 0 Å². The first-order valence-electron chi connectivity index (χ1n) is 9.34. The van der Waals surface area contributed by atoms with Crippen molar-refractivity contribution in [2.45, 2.75) is 65.0 Å². The molecule has 2 bridgehead atoms. The molecule has 140 valence electrons. The molecule has 4 rings (SSSR count). The highest BCUT2D eigenvalue weighted by Crippen LogP contribution is 2.67. The Morgan fingerprint density at radius 1 is 1.12 bits per heavy atom. The van der Waals surface area contributed by atoms with Gasteiger partial charge >= 0.3 is 5.97 Å². The van der Waals surface area contributed by atoms with Crippen LogP contribution in [-0.4, -0.2) is 51.5 Å². The maximum Gasteiger partial charge on any atom is 0.310 e. The quantitative estimate of drug-likeness (QED) is 0.549. The lowest BCUT2D eigenvalue weighted by Gasteiger charge is -2.64. The lowest BCUT2D eigenvalue weighted by Crippen LogP contribution is -2.71. The Bertz CT molecular complexity index is 633. The zero-order valence-corrected chi connectivity index (χ0v) is 15.2. The van der Waals surface area contributed by atoms with Gasteiger partial charge in [-0.1, -0.05) is 27.7 Å². The Morgan fingerprint density at radius 3 is 2.40 bits per heavy atom. The third kappa shape index (κ3) is 1.81. The second kappa shape index (κ2) is 5.05. The van der Waals surface area contributed by atoms with Gasteiger partial charge in [-0.2, -0.15) is 0 Å². The van der Waals surface area contributed by atoms with Crippen LogP contribution in [0.15, 0.2) is 0 Å². The van der Waals surface area contributed by atoms with E-state index in [0.29, 0.717) is 6.42 Å². The van der Waals surface area contributed by atoms with Gasteiger partial charge in [-0.15, -0.1) is 0 Å². The molecule has 3 aliphatic carbocycles. The Morgan fingerprint density at radius 2 is 1.76 bits per heavy atom. The molecule has 0 aromatic rings. The van der Waals surface area contributed by atoms with Crippen molar-refractivity contribution in [1.29, 1.82) is 0 Å². The van der Waals surface area contributed by atoms with Gasteiger partial charge in [-0.3, -0.25) is 9.59 Å². The minimum Gasteiger partial charge on any atom is -0.459 e. The van der Waals surface area contributed by atoms with Gasteiger partial charge < -0.3 is 20.1 Å². The SMILES string of the molecule is CC1C[C@H](O)[C@@H](O)[C@@]2(C)C1CC(=O)[C@@]1(C)[C@H]3C(=O)O[C@H]([C@@H]3C)[C@H](O)[C@@H]12.